The van der Waals surface area contributed by atoms with Crippen molar-refractivity contribution in [3.8, 4) is 22.3 Å². The third kappa shape index (κ3) is 5.88. The van der Waals surface area contributed by atoms with Crippen LogP contribution in [0.4, 0.5) is 11.4 Å². The first-order chi connectivity index (χ1) is 18.6. The summed E-state index contributed by atoms with van der Waals surface area (Å²) in [6.07, 6.45) is 12.6. The van der Waals surface area contributed by atoms with E-state index in [2.05, 4.69) is 155 Å². The van der Waals surface area contributed by atoms with Crippen LogP contribution < -0.4 is 4.90 Å². The molecule has 0 aromatic heterocycles. The second-order valence-corrected chi connectivity index (χ2v) is 10.2. The fraction of sp³-hybridized carbons (Fsp3) is 0.0556. The number of hydrogen-bond donors (Lipinski definition) is 0. The van der Waals surface area contributed by atoms with Crippen molar-refractivity contribution < 1.29 is 0 Å². The van der Waals surface area contributed by atoms with Gasteiger partial charge in [0.1, 0.15) is 0 Å². The predicted molar refractivity (Wildman–Crippen MR) is 167 cm³/mol. The van der Waals surface area contributed by atoms with Crippen molar-refractivity contribution in [2.24, 2.45) is 0 Å². The van der Waals surface area contributed by atoms with Crippen molar-refractivity contribution in [1.82, 2.24) is 0 Å². The highest BCUT2D eigenvalue weighted by Crippen LogP contribution is 2.35. The normalized spacial score (nSPS) is 13.1. The maximum absolute atomic E-state index is 4.39. The zero-order valence-electron chi connectivity index (χ0n) is 21.4. The molecule has 0 aliphatic heterocycles. The molecule has 0 saturated carbocycles. The van der Waals surface area contributed by atoms with Crippen molar-refractivity contribution in [2.45, 2.75) is 12.8 Å². The van der Waals surface area contributed by atoms with Crippen LogP contribution in [0.25, 0.3) is 22.3 Å². The first kappa shape index (κ1) is 25.5. The van der Waals surface area contributed by atoms with E-state index in [-0.39, 0.29) is 0 Å². The molecule has 1 aliphatic rings. The maximum atomic E-state index is 4.39. The molecule has 0 heterocycles. The van der Waals surface area contributed by atoms with Crippen LogP contribution in [0.5, 0.6) is 0 Å². The Bertz CT molecular complexity index is 1500. The van der Waals surface area contributed by atoms with Crippen molar-refractivity contribution in [3.63, 3.8) is 0 Å². The van der Waals surface area contributed by atoms with E-state index in [1.165, 1.54) is 27.8 Å². The van der Waals surface area contributed by atoms with Gasteiger partial charge >= 0.3 is 0 Å². The van der Waals surface area contributed by atoms with E-state index in [1.807, 2.05) is 12.1 Å². The minimum Gasteiger partial charge on any atom is -0.311 e. The highest BCUT2D eigenvalue weighted by molar-refractivity contribution is 9.10. The second-order valence-electron chi connectivity index (χ2n) is 9.26. The smallest absolute Gasteiger partial charge is 0.0462 e. The fourth-order valence-electron chi connectivity index (χ4n) is 4.68. The molecule has 5 rings (SSSR count). The molecule has 1 aliphatic carbocycles. The molecular weight excluding hydrogens is 526 g/mol. The Kier molecular flexibility index (Phi) is 8.01. The Morgan fingerprint density at radius 1 is 0.711 bits per heavy atom. The summed E-state index contributed by atoms with van der Waals surface area (Å²) in [4.78, 5) is 2.25. The zero-order chi connectivity index (χ0) is 26.3. The van der Waals surface area contributed by atoms with Crippen LogP contribution in [0.2, 0.25) is 0 Å². The molecule has 0 spiro atoms. The van der Waals surface area contributed by atoms with E-state index < -0.39 is 0 Å². The second kappa shape index (κ2) is 11.9. The number of hydrogen-bond acceptors (Lipinski definition) is 1. The summed E-state index contributed by atoms with van der Waals surface area (Å²) in [5, 5.41) is 0. The molecule has 186 valence electrons. The predicted octanol–water partition coefficient (Wildman–Crippen LogP) is 10.8. The Hall–Kier alpha value is -4.14. The van der Waals surface area contributed by atoms with Gasteiger partial charge in [0.15, 0.2) is 0 Å². The number of rotatable bonds is 8. The first-order valence-corrected chi connectivity index (χ1v) is 13.6. The summed E-state index contributed by atoms with van der Waals surface area (Å²) in [6, 6.07) is 36.3. The molecule has 4 aromatic carbocycles. The molecule has 0 bridgehead atoms. The molecule has 4 aromatic rings. The topological polar surface area (TPSA) is 3.24 Å². The molecule has 38 heavy (non-hydrogen) atoms. The maximum Gasteiger partial charge on any atom is 0.0462 e. The minimum absolute atomic E-state index is 0.981. The van der Waals surface area contributed by atoms with Gasteiger partial charge in [0, 0.05) is 21.5 Å². The van der Waals surface area contributed by atoms with Gasteiger partial charge in [-0.1, -0.05) is 114 Å². The molecule has 0 saturated heterocycles. The van der Waals surface area contributed by atoms with E-state index >= 15 is 0 Å². The lowest BCUT2D eigenvalue weighted by Crippen LogP contribution is -2.15. The Morgan fingerprint density at radius 2 is 1.24 bits per heavy atom. The van der Waals surface area contributed by atoms with E-state index in [1.54, 1.807) is 0 Å². The number of nitrogens with zero attached hydrogens (tertiary/aromatic N) is 1. The van der Waals surface area contributed by atoms with Crippen LogP contribution in [-0.2, 0) is 0 Å². The summed E-state index contributed by atoms with van der Waals surface area (Å²) in [6.45, 7) is 8.57. The fourth-order valence-corrected chi connectivity index (χ4v) is 4.95. The molecule has 0 N–H and O–H groups in total. The highest BCUT2D eigenvalue weighted by atomic mass is 79.9. The van der Waals surface area contributed by atoms with Crippen molar-refractivity contribution >= 4 is 27.3 Å². The van der Waals surface area contributed by atoms with Gasteiger partial charge in [0.25, 0.3) is 0 Å². The van der Waals surface area contributed by atoms with E-state index in [0.29, 0.717) is 0 Å². The summed E-state index contributed by atoms with van der Waals surface area (Å²) in [5.74, 6) is 0. The summed E-state index contributed by atoms with van der Waals surface area (Å²) < 4.78 is 1.08. The first-order valence-electron chi connectivity index (χ1n) is 12.8. The Balaban J connectivity index is 1.54. The summed E-state index contributed by atoms with van der Waals surface area (Å²) >= 11 is 3.53. The van der Waals surface area contributed by atoms with E-state index in [4.69, 9.17) is 0 Å². The summed E-state index contributed by atoms with van der Waals surface area (Å²) in [7, 11) is 0. The van der Waals surface area contributed by atoms with Crippen LogP contribution >= 0.6 is 15.9 Å². The van der Waals surface area contributed by atoms with E-state index in [0.717, 1.165) is 40.0 Å². The van der Waals surface area contributed by atoms with Gasteiger partial charge in [-0.15, -0.1) is 0 Å². The molecule has 0 atom stereocenters. The number of halogens is 1. The standard InChI is InChI=1S/C36H30BrN/c1-3-34(26-27(2)28-10-6-4-7-11-28)38(35-22-16-31(17-23-35)29-12-8-5-9-13-29)36-24-18-32(19-25-36)30-14-20-33(37)21-15-30/h3-6,8-10,12-26H,1-2,7,11H2/b34-26+. The SMILES string of the molecule is C=C/C(=C\C(=C)C1=CC=CCC1)N(c1ccc(-c2ccccc2)cc1)c1ccc(-c2ccc(Br)cc2)cc1. The zero-order valence-corrected chi connectivity index (χ0v) is 22.9. The van der Waals surface area contributed by atoms with Crippen LogP contribution in [0.15, 0.2) is 168 Å². The van der Waals surface area contributed by atoms with Crippen LogP contribution in [0, 0.1) is 0 Å². The van der Waals surface area contributed by atoms with Crippen LogP contribution in [0.3, 0.4) is 0 Å². The van der Waals surface area contributed by atoms with Gasteiger partial charge < -0.3 is 4.90 Å². The summed E-state index contributed by atoms with van der Waals surface area (Å²) in [5.41, 5.74) is 10.1. The van der Waals surface area contributed by atoms with Gasteiger partial charge in [-0.2, -0.15) is 0 Å². The molecule has 2 heteroatoms. The average molecular weight is 557 g/mol. The van der Waals surface area contributed by atoms with Crippen LogP contribution in [-0.4, -0.2) is 0 Å². The number of anilines is 2. The third-order valence-electron chi connectivity index (χ3n) is 6.75. The molecular formula is C36H30BrN. The van der Waals surface area contributed by atoms with Gasteiger partial charge in [-0.05, 0) is 94.8 Å². The van der Waals surface area contributed by atoms with Gasteiger partial charge in [0.2, 0.25) is 0 Å². The van der Waals surface area contributed by atoms with Gasteiger partial charge in [-0.25, -0.2) is 0 Å². The minimum atomic E-state index is 0.981. The lowest BCUT2D eigenvalue weighted by atomic mass is 9.97. The Labute approximate surface area is 234 Å². The van der Waals surface area contributed by atoms with E-state index in [9.17, 15) is 0 Å². The number of benzene rings is 4. The molecule has 1 nitrogen and oxygen atoms in total. The van der Waals surface area contributed by atoms with Gasteiger partial charge in [0.05, 0.1) is 0 Å². The van der Waals surface area contributed by atoms with Crippen LogP contribution in [0.1, 0.15) is 12.8 Å². The largest absolute Gasteiger partial charge is 0.311 e. The van der Waals surface area contributed by atoms with Crippen molar-refractivity contribution in [2.75, 3.05) is 4.90 Å². The molecule has 0 unspecified atom stereocenters. The lowest BCUT2D eigenvalue weighted by Gasteiger charge is -2.27. The van der Waals surface area contributed by atoms with Crippen molar-refractivity contribution in [1.29, 1.82) is 0 Å². The lowest BCUT2D eigenvalue weighted by molar-refractivity contribution is 0.978. The molecule has 0 amide bonds. The number of allylic oxidation sites excluding steroid dienone is 7. The third-order valence-corrected chi connectivity index (χ3v) is 7.28. The quantitative estimate of drug-likeness (QED) is 0.195. The van der Waals surface area contributed by atoms with Crippen molar-refractivity contribution in [3.05, 3.63) is 168 Å². The molecule has 0 fully saturated rings. The highest BCUT2D eigenvalue weighted by Gasteiger charge is 2.15. The monoisotopic (exact) mass is 555 g/mol. The van der Waals surface area contributed by atoms with Gasteiger partial charge in [-0.3, -0.25) is 0 Å². The molecule has 0 radical (unpaired) electrons. The average Bonchev–Trinajstić information content (AvgIpc) is 2.99. The Morgan fingerprint density at radius 3 is 1.74 bits per heavy atom.